The van der Waals surface area contributed by atoms with E-state index in [-0.39, 0.29) is 11.9 Å². The molecule has 1 aliphatic heterocycles. The Bertz CT molecular complexity index is 344. The molecular weight excluding hydrogens is 227 g/mol. The topological polar surface area (TPSA) is 38.0 Å². The molecule has 0 aromatic heterocycles. The maximum absolute atomic E-state index is 13.2. The fourth-order valence-corrected chi connectivity index (χ4v) is 2.47. The van der Waals surface area contributed by atoms with Crippen molar-refractivity contribution >= 4 is 11.6 Å². The Morgan fingerprint density at radius 1 is 1.31 bits per heavy atom. The zero-order valence-electron chi connectivity index (χ0n) is 9.05. The molecule has 2 nitrogen and oxygen atoms in total. The highest BCUT2D eigenvalue weighted by Gasteiger charge is 2.22. The monoisotopic (exact) mass is 242 g/mol. The van der Waals surface area contributed by atoms with E-state index in [1.807, 2.05) is 0 Å². The fraction of sp³-hybridized carbons (Fsp3) is 0.500. The Labute approximate surface area is 100.0 Å². The van der Waals surface area contributed by atoms with E-state index in [0.717, 1.165) is 31.5 Å². The summed E-state index contributed by atoms with van der Waals surface area (Å²) in [5, 5.41) is 3.70. The smallest absolute Gasteiger partial charge is 0.125 e. The minimum atomic E-state index is -0.313. The van der Waals surface area contributed by atoms with Gasteiger partial charge in [0.2, 0.25) is 0 Å². The summed E-state index contributed by atoms with van der Waals surface area (Å²) >= 11 is 5.83. The van der Waals surface area contributed by atoms with Crippen LogP contribution in [-0.4, -0.2) is 13.1 Å². The van der Waals surface area contributed by atoms with Crippen LogP contribution in [0, 0.1) is 11.7 Å². The molecule has 1 fully saturated rings. The van der Waals surface area contributed by atoms with Crippen LogP contribution in [0.3, 0.4) is 0 Å². The van der Waals surface area contributed by atoms with Crippen molar-refractivity contribution < 1.29 is 4.39 Å². The van der Waals surface area contributed by atoms with Gasteiger partial charge in [0.25, 0.3) is 0 Å². The van der Waals surface area contributed by atoms with Crippen LogP contribution in [0.25, 0.3) is 0 Å². The highest BCUT2D eigenvalue weighted by atomic mass is 35.5. The lowest BCUT2D eigenvalue weighted by Crippen LogP contribution is -2.33. The summed E-state index contributed by atoms with van der Waals surface area (Å²) in [5.41, 5.74) is 6.96. The lowest BCUT2D eigenvalue weighted by molar-refractivity contribution is 0.321. The van der Waals surface area contributed by atoms with Gasteiger partial charge >= 0.3 is 0 Å². The molecule has 1 saturated heterocycles. The Morgan fingerprint density at radius 2 is 2.00 bits per heavy atom. The largest absolute Gasteiger partial charge is 0.324 e. The Balaban J connectivity index is 2.15. The number of nitrogens with two attached hydrogens (primary N) is 1. The third kappa shape index (κ3) is 2.73. The predicted octanol–water partition coefficient (Wildman–Crippen LogP) is 2.48. The predicted molar refractivity (Wildman–Crippen MR) is 63.9 cm³/mol. The first-order valence-corrected chi connectivity index (χ1v) is 5.97. The van der Waals surface area contributed by atoms with Crippen molar-refractivity contribution in [3.63, 3.8) is 0 Å². The summed E-state index contributed by atoms with van der Waals surface area (Å²) < 4.78 is 13.2. The van der Waals surface area contributed by atoms with Gasteiger partial charge in [-0.25, -0.2) is 4.39 Å². The summed E-state index contributed by atoms with van der Waals surface area (Å²) in [6.07, 6.45) is 2.07. The van der Waals surface area contributed by atoms with Gasteiger partial charge in [-0.3, -0.25) is 0 Å². The first-order valence-electron chi connectivity index (χ1n) is 5.59. The lowest BCUT2D eigenvalue weighted by atomic mass is 9.86. The molecule has 3 N–H and O–H groups in total. The number of rotatable bonds is 2. The van der Waals surface area contributed by atoms with Gasteiger partial charge in [-0.1, -0.05) is 11.6 Å². The van der Waals surface area contributed by atoms with Crippen LogP contribution in [0.15, 0.2) is 18.2 Å². The zero-order valence-corrected chi connectivity index (χ0v) is 9.80. The molecular formula is C12H16ClFN2. The minimum Gasteiger partial charge on any atom is -0.324 e. The molecule has 0 bridgehead atoms. The van der Waals surface area contributed by atoms with Crippen molar-refractivity contribution in [1.82, 2.24) is 5.32 Å². The first kappa shape index (κ1) is 11.8. The van der Waals surface area contributed by atoms with E-state index in [9.17, 15) is 4.39 Å². The summed E-state index contributed by atoms with van der Waals surface area (Å²) in [5.74, 6) is 0.103. The quantitative estimate of drug-likeness (QED) is 0.836. The van der Waals surface area contributed by atoms with Gasteiger partial charge in [-0.05, 0) is 55.6 Å². The van der Waals surface area contributed by atoms with Gasteiger partial charge in [0.05, 0.1) is 0 Å². The molecule has 1 heterocycles. The molecule has 0 amide bonds. The van der Waals surface area contributed by atoms with Gasteiger partial charge < -0.3 is 11.1 Å². The van der Waals surface area contributed by atoms with Crippen molar-refractivity contribution in [2.75, 3.05) is 13.1 Å². The summed E-state index contributed by atoms with van der Waals surface area (Å²) in [4.78, 5) is 0. The van der Waals surface area contributed by atoms with E-state index >= 15 is 0 Å². The standard InChI is InChI=1S/C12H16ClFN2/c13-10-5-9(6-11(14)7-10)12(15)8-1-3-16-4-2-8/h5-8,12,16H,1-4,15H2/t12-/m1/s1. The van der Waals surface area contributed by atoms with Crippen LogP contribution in [-0.2, 0) is 0 Å². The highest BCUT2D eigenvalue weighted by Crippen LogP contribution is 2.28. The second-order valence-electron chi connectivity index (χ2n) is 4.32. The second kappa shape index (κ2) is 5.13. The lowest BCUT2D eigenvalue weighted by Gasteiger charge is -2.28. The minimum absolute atomic E-state index is 0.115. The van der Waals surface area contributed by atoms with Gasteiger partial charge in [0.15, 0.2) is 0 Å². The zero-order chi connectivity index (χ0) is 11.5. The van der Waals surface area contributed by atoms with E-state index in [1.54, 1.807) is 6.07 Å². The molecule has 16 heavy (non-hydrogen) atoms. The molecule has 0 unspecified atom stereocenters. The van der Waals surface area contributed by atoms with E-state index in [4.69, 9.17) is 17.3 Å². The molecule has 0 radical (unpaired) electrons. The molecule has 88 valence electrons. The van der Waals surface area contributed by atoms with E-state index in [0.29, 0.717) is 10.9 Å². The summed E-state index contributed by atoms with van der Waals surface area (Å²) in [6.45, 7) is 1.98. The molecule has 0 spiro atoms. The number of piperidine rings is 1. The van der Waals surface area contributed by atoms with Crippen molar-refractivity contribution in [3.05, 3.63) is 34.6 Å². The van der Waals surface area contributed by atoms with Crippen molar-refractivity contribution in [1.29, 1.82) is 0 Å². The summed E-state index contributed by atoms with van der Waals surface area (Å²) in [6, 6.07) is 4.44. The van der Waals surface area contributed by atoms with Crippen molar-refractivity contribution in [2.45, 2.75) is 18.9 Å². The third-order valence-corrected chi connectivity index (χ3v) is 3.38. The van der Waals surface area contributed by atoms with Crippen LogP contribution in [0.5, 0.6) is 0 Å². The number of halogens is 2. The average molecular weight is 243 g/mol. The first-order chi connectivity index (χ1) is 7.66. The van der Waals surface area contributed by atoms with Gasteiger partial charge in [-0.15, -0.1) is 0 Å². The molecule has 1 aromatic carbocycles. The van der Waals surface area contributed by atoms with E-state index < -0.39 is 0 Å². The molecule has 0 saturated carbocycles. The molecule has 1 aromatic rings. The summed E-state index contributed by atoms with van der Waals surface area (Å²) in [7, 11) is 0. The van der Waals surface area contributed by atoms with Crippen LogP contribution < -0.4 is 11.1 Å². The van der Waals surface area contributed by atoms with Crippen molar-refractivity contribution in [3.8, 4) is 0 Å². The Morgan fingerprint density at radius 3 is 2.62 bits per heavy atom. The molecule has 1 aliphatic rings. The van der Waals surface area contributed by atoms with Crippen LogP contribution in [0.4, 0.5) is 4.39 Å². The maximum atomic E-state index is 13.2. The average Bonchev–Trinajstić information content (AvgIpc) is 2.28. The molecule has 2 rings (SSSR count). The number of nitrogens with one attached hydrogen (secondary N) is 1. The normalized spacial score (nSPS) is 19.7. The van der Waals surface area contributed by atoms with Crippen LogP contribution >= 0.6 is 11.6 Å². The fourth-order valence-electron chi connectivity index (χ4n) is 2.24. The van der Waals surface area contributed by atoms with Gasteiger partial charge in [-0.2, -0.15) is 0 Å². The van der Waals surface area contributed by atoms with Crippen LogP contribution in [0.1, 0.15) is 24.4 Å². The van der Waals surface area contributed by atoms with Crippen LogP contribution in [0.2, 0.25) is 5.02 Å². The third-order valence-electron chi connectivity index (χ3n) is 3.16. The SMILES string of the molecule is N[C@@H](c1cc(F)cc(Cl)c1)C1CCNCC1. The molecule has 0 aliphatic carbocycles. The molecule has 4 heteroatoms. The van der Waals surface area contributed by atoms with E-state index in [1.165, 1.54) is 12.1 Å². The van der Waals surface area contributed by atoms with Crippen molar-refractivity contribution in [2.24, 2.45) is 11.7 Å². The molecule has 1 atom stereocenters. The van der Waals surface area contributed by atoms with Gasteiger partial charge in [0.1, 0.15) is 5.82 Å². The van der Waals surface area contributed by atoms with Gasteiger partial charge in [0, 0.05) is 11.1 Å². The maximum Gasteiger partial charge on any atom is 0.125 e. The highest BCUT2D eigenvalue weighted by molar-refractivity contribution is 6.30. The second-order valence-corrected chi connectivity index (χ2v) is 4.75. The number of hydrogen-bond donors (Lipinski definition) is 2. The number of benzene rings is 1. The Kier molecular flexibility index (Phi) is 3.79. The van der Waals surface area contributed by atoms with E-state index in [2.05, 4.69) is 5.32 Å². The Hall–Kier alpha value is -0.640. The number of hydrogen-bond acceptors (Lipinski definition) is 2.